The molecule has 6 nitrogen and oxygen atoms in total. The monoisotopic (exact) mass is 410 g/mol. The van der Waals surface area contributed by atoms with Gasteiger partial charge in [-0.1, -0.05) is 53.4 Å². The highest BCUT2D eigenvalue weighted by molar-refractivity contribution is 8.15. The van der Waals surface area contributed by atoms with E-state index >= 15 is 0 Å². The lowest BCUT2D eigenvalue weighted by molar-refractivity contribution is -0.128. The summed E-state index contributed by atoms with van der Waals surface area (Å²) in [5, 5.41) is 3.57. The molecule has 1 aliphatic heterocycles. The normalized spacial score (nSPS) is 18.2. The quantitative estimate of drug-likeness (QED) is 0.681. The van der Waals surface area contributed by atoms with Gasteiger partial charge in [0.15, 0.2) is 5.17 Å². The molecule has 0 radical (unpaired) electrons. The van der Waals surface area contributed by atoms with E-state index in [0.717, 1.165) is 15.9 Å². The number of hydrogen-bond donors (Lipinski definition) is 1. The third kappa shape index (κ3) is 3.93. The number of aliphatic imine (C=N–C) groups is 1. The van der Waals surface area contributed by atoms with E-state index in [9.17, 15) is 9.59 Å². The Kier molecular flexibility index (Phi) is 5.40. The van der Waals surface area contributed by atoms with Crippen molar-refractivity contribution < 1.29 is 9.59 Å². The number of benzene rings is 2. The molecule has 1 atom stereocenters. The van der Waals surface area contributed by atoms with E-state index in [2.05, 4.69) is 15.3 Å². The minimum atomic E-state index is -0.475. The van der Waals surface area contributed by atoms with Crippen LogP contribution in [0.2, 0.25) is 0 Å². The van der Waals surface area contributed by atoms with Crippen LogP contribution in [0.1, 0.15) is 13.3 Å². The second kappa shape index (κ2) is 8.12. The summed E-state index contributed by atoms with van der Waals surface area (Å²) < 4.78 is 1.05. The van der Waals surface area contributed by atoms with Gasteiger partial charge in [0.25, 0.3) is 0 Å². The van der Waals surface area contributed by atoms with E-state index < -0.39 is 5.25 Å². The van der Waals surface area contributed by atoms with Crippen molar-refractivity contribution in [1.29, 1.82) is 0 Å². The number of carbonyl (C=O) groups excluding carboxylic acids is 2. The fourth-order valence-electron chi connectivity index (χ4n) is 2.91. The molecule has 1 unspecified atom stereocenters. The second-order valence-corrected chi connectivity index (χ2v) is 8.34. The molecule has 8 heteroatoms. The first kappa shape index (κ1) is 18.6. The van der Waals surface area contributed by atoms with E-state index in [1.807, 2.05) is 61.5 Å². The molecule has 0 bridgehead atoms. The van der Waals surface area contributed by atoms with E-state index in [0.29, 0.717) is 16.8 Å². The van der Waals surface area contributed by atoms with Gasteiger partial charge in [-0.2, -0.15) is 4.99 Å². The molecule has 2 heterocycles. The number of thiazole rings is 1. The average Bonchev–Trinajstić information content (AvgIpc) is 3.23. The molecule has 1 aliphatic rings. The summed E-state index contributed by atoms with van der Waals surface area (Å²) in [5.41, 5.74) is 1.61. The Hall–Kier alpha value is -2.71. The van der Waals surface area contributed by atoms with Gasteiger partial charge in [-0.05, 0) is 31.2 Å². The fourth-order valence-corrected chi connectivity index (χ4v) is 5.01. The van der Waals surface area contributed by atoms with E-state index in [-0.39, 0.29) is 18.2 Å². The molecule has 1 N–H and O–H groups in total. The van der Waals surface area contributed by atoms with E-state index in [4.69, 9.17) is 0 Å². The topological polar surface area (TPSA) is 74.7 Å². The molecule has 3 aromatic rings. The van der Waals surface area contributed by atoms with Crippen molar-refractivity contribution >= 4 is 61.1 Å². The van der Waals surface area contributed by atoms with Gasteiger partial charge in [-0.15, -0.1) is 0 Å². The highest BCUT2D eigenvalue weighted by atomic mass is 32.2. The van der Waals surface area contributed by atoms with Gasteiger partial charge in [0.1, 0.15) is 5.25 Å². The largest absolute Gasteiger partial charge is 0.326 e. The third-order valence-corrected chi connectivity index (χ3v) is 6.34. The molecule has 2 aromatic carbocycles. The van der Waals surface area contributed by atoms with Gasteiger partial charge in [0.2, 0.25) is 16.9 Å². The number of amides is 2. The molecule has 1 aromatic heterocycles. The van der Waals surface area contributed by atoms with Gasteiger partial charge in [-0.25, -0.2) is 4.98 Å². The van der Waals surface area contributed by atoms with Crippen molar-refractivity contribution in [3.05, 3.63) is 54.6 Å². The van der Waals surface area contributed by atoms with Crippen molar-refractivity contribution in [3.8, 4) is 0 Å². The second-order valence-electron chi connectivity index (χ2n) is 6.17. The number of hydrogen-bond acceptors (Lipinski definition) is 6. The molecule has 28 heavy (non-hydrogen) atoms. The van der Waals surface area contributed by atoms with Gasteiger partial charge >= 0.3 is 0 Å². The van der Waals surface area contributed by atoms with Crippen LogP contribution in [-0.2, 0) is 9.59 Å². The Morgan fingerprint density at radius 2 is 1.93 bits per heavy atom. The van der Waals surface area contributed by atoms with E-state index in [1.165, 1.54) is 23.1 Å². The predicted molar refractivity (Wildman–Crippen MR) is 115 cm³/mol. The molecule has 1 saturated heterocycles. The Morgan fingerprint density at radius 1 is 1.18 bits per heavy atom. The van der Waals surface area contributed by atoms with Crippen LogP contribution >= 0.6 is 23.1 Å². The lowest BCUT2D eigenvalue weighted by Gasteiger charge is -2.12. The number of carbonyl (C=O) groups is 2. The number of rotatable bonds is 5. The molecular formula is C20H18N4O2S2. The predicted octanol–water partition coefficient (Wildman–Crippen LogP) is 4.28. The minimum Gasteiger partial charge on any atom is -0.326 e. The number of anilines is 1. The smallest absolute Gasteiger partial charge is 0.242 e. The summed E-state index contributed by atoms with van der Waals surface area (Å²) in [6, 6.07) is 17.1. The van der Waals surface area contributed by atoms with Crippen LogP contribution in [0.25, 0.3) is 10.2 Å². The van der Waals surface area contributed by atoms with Crippen LogP contribution in [0.15, 0.2) is 59.6 Å². The highest BCUT2D eigenvalue weighted by Gasteiger charge is 2.38. The maximum Gasteiger partial charge on any atom is 0.242 e. The molecule has 142 valence electrons. The molecular weight excluding hydrogens is 392 g/mol. The number of aromatic nitrogens is 1. The van der Waals surface area contributed by atoms with Gasteiger partial charge in [-0.3, -0.25) is 14.5 Å². The summed E-state index contributed by atoms with van der Waals surface area (Å²) in [5.74, 6) is -0.273. The molecule has 0 aliphatic carbocycles. The van der Waals surface area contributed by atoms with Crippen molar-refractivity contribution in [1.82, 2.24) is 9.88 Å². The van der Waals surface area contributed by atoms with Crippen LogP contribution in [0.5, 0.6) is 0 Å². The van der Waals surface area contributed by atoms with Crippen LogP contribution in [-0.4, -0.2) is 38.7 Å². The van der Waals surface area contributed by atoms with Crippen molar-refractivity contribution in [2.24, 2.45) is 4.99 Å². The zero-order chi connectivity index (χ0) is 19.5. The number of thioether (sulfide) groups is 1. The Morgan fingerprint density at radius 3 is 2.68 bits per heavy atom. The van der Waals surface area contributed by atoms with Crippen molar-refractivity contribution in [3.63, 3.8) is 0 Å². The number of fused-ring (bicyclic) bond motifs is 1. The average molecular weight is 411 g/mol. The van der Waals surface area contributed by atoms with Crippen LogP contribution in [0.4, 0.5) is 10.8 Å². The maximum absolute atomic E-state index is 12.7. The van der Waals surface area contributed by atoms with Crippen LogP contribution < -0.4 is 5.32 Å². The van der Waals surface area contributed by atoms with Gasteiger partial charge in [0, 0.05) is 18.7 Å². The summed E-state index contributed by atoms with van der Waals surface area (Å²) >= 11 is 2.81. The summed E-state index contributed by atoms with van der Waals surface area (Å²) in [4.78, 5) is 35.8. The SMILES string of the molecule is CCN1C(=O)C(CC(=O)Nc2ccccc2)SC1=Nc1nc2ccccc2s1. The lowest BCUT2D eigenvalue weighted by Crippen LogP contribution is -2.33. The molecule has 2 amide bonds. The highest BCUT2D eigenvalue weighted by Crippen LogP contribution is 2.34. The van der Waals surface area contributed by atoms with Gasteiger partial charge in [0.05, 0.1) is 10.2 Å². The van der Waals surface area contributed by atoms with Gasteiger partial charge < -0.3 is 5.32 Å². The van der Waals surface area contributed by atoms with Crippen LogP contribution in [0, 0.1) is 0 Å². The van der Waals surface area contributed by atoms with E-state index in [1.54, 1.807) is 4.90 Å². The maximum atomic E-state index is 12.7. The number of para-hydroxylation sites is 2. The first-order valence-corrected chi connectivity index (χ1v) is 10.6. The zero-order valence-electron chi connectivity index (χ0n) is 15.2. The third-order valence-electron chi connectivity index (χ3n) is 4.24. The number of nitrogens with zero attached hydrogens (tertiary/aromatic N) is 3. The van der Waals surface area contributed by atoms with Crippen molar-refractivity contribution in [2.75, 3.05) is 11.9 Å². The van der Waals surface area contributed by atoms with Crippen LogP contribution in [0.3, 0.4) is 0 Å². The van der Waals surface area contributed by atoms with Crippen molar-refractivity contribution in [2.45, 2.75) is 18.6 Å². The summed E-state index contributed by atoms with van der Waals surface area (Å²) in [6.45, 7) is 2.41. The molecule has 0 saturated carbocycles. The zero-order valence-corrected chi connectivity index (χ0v) is 16.8. The molecule has 4 rings (SSSR count). The number of nitrogens with one attached hydrogen (secondary N) is 1. The lowest BCUT2D eigenvalue weighted by atomic mass is 10.2. The minimum absolute atomic E-state index is 0.0874. The molecule has 0 spiro atoms. The molecule has 1 fully saturated rings. The summed E-state index contributed by atoms with van der Waals surface area (Å²) in [6.07, 6.45) is 0.105. The number of amidine groups is 1. The standard InChI is InChI=1S/C20H18N4O2S2/c1-2-24-18(26)16(12-17(25)21-13-8-4-3-5-9-13)28-20(24)23-19-22-14-10-6-7-11-15(14)27-19/h3-11,16H,2,12H2,1H3,(H,21,25). The Balaban J connectivity index is 1.50. The Bertz CT molecular complexity index is 1020. The first-order chi connectivity index (χ1) is 13.6. The fraction of sp³-hybridized carbons (Fsp3) is 0.200. The Labute approximate surface area is 170 Å². The summed E-state index contributed by atoms with van der Waals surface area (Å²) in [7, 11) is 0. The first-order valence-electron chi connectivity index (χ1n) is 8.91.